The lowest BCUT2D eigenvalue weighted by atomic mass is 10.0. The molecule has 0 spiro atoms. The van der Waals surface area contributed by atoms with Gasteiger partial charge in [-0.05, 0) is 49.6 Å². The van der Waals surface area contributed by atoms with Crippen LogP contribution in [-0.4, -0.2) is 38.1 Å². The molecule has 0 fully saturated rings. The van der Waals surface area contributed by atoms with Gasteiger partial charge in [0.1, 0.15) is 16.7 Å². The zero-order valence-corrected chi connectivity index (χ0v) is 20.7. The third-order valence-corrected chi connectivity index (χ3v) is 7.91. The Morgan fingerprint density at radius 2 is 1.58 bits per heavy atom. The predicted molar refractivity (Wildman–Crippen MR) is 129 cm³/mol. The number of benzene rings is 3. The Kier molecular flexibility index (Phi) is 6.85. The molecule has 0 radical (unpaired) electrons. The van der Waals surface area contributed by atoms with Crippen LogP contribution in [0.2, 0.25) is 0 Å². The first-order chi connectivity index (χ1) is 16.9. The fourth-order valence-electron chi connectivity index (χ4n) is 4.57. The van der Waals surface area contributed by atoms with Gasteiger partial charge < -0.3 is 9.64 Å². The van der Waals surface area contributed by atoms with Gasteiger partial charge in [-0.3, -0.25) is 4.79 Å². The predicted octanol–water partition coefficient (Wildman–Crippen LogP) is 4.98. The topological polar surface area (TPSA) is 66.9 Å². The molecule has 1 unspecified atom stereocenters. The Morgan fingerprint density at radius 3 is 2.25 bits per heavy atom. The Balaban J connectivity index is 1.87. The highest BCUT2D eigenvalue weighted by Crippen LogP contribution is 2.36. The zero-order valence-electron chi connectivity index (χ0n) is 19.9. The molecule has 1 heterocycles. The van der Waals surface area contributed by atoms with Gasteiger partial charge in [0.15, 0.2) is 0 Å². The maximum Gasteiger partial charge on any atom is 0.573 e. The molecule has 3 aromatic rings. The van der Waals surface area contributed by atoms with Crippen molar-refractivity contribution >= 4 is 21.6 Å². The number of rotatable bonds is 5. The molecule has 6 nitrogen and oxygen atoms in total. The number of sulfonamides is 1. The number of hydrogen-bond acceptors (Lipinski definition) is 4. The number of fused-ring (bicyclic) bond motifs is 1. The minimum absolute atomic E-state index is 0.0429. The molecule has 0 aliphatic carbocycles. The van der Waals surface area contributed by atoms with E-state index in [9.17, 15) is 26.4 Å². The largest absolute Gasteiger partial charge is 0.573 e. The summed E-state index contributed by atoms with van der Waals surface area (Å²) in [5.41, 5.74) is 3.71. The number of ether oxygens (including phenoxy) is 1. The second kappa shape index (κ2) is 9.59. The summed E-state index contributed by atoms with van der Waals surface area (Å²) in [5, 5.41) is 0. The molecule has 1 aliphatic rings. The van der Waals surface area contributed by atoms with Crippen LogP contribution in [0.15, 0.2) is 71.6 Å². The molecule has 190 valence electrons. The molecule has 36 heavy (non-hydrogen) atoms. The number of anilines is 1. The SMILES string of the molecule is Cc1cc(C)cc(CC2C(=O)N(C)c3ccccc3CN2S(=O)(=O)c2ccccc2OC(F)(F)F)c1. The van der Waals surface area contributed by atoms with Crippen molar-refractivity contribution in [2.24, 2.45) is 0 Å². The van der Waals surface area contributed by atoms with E-state index in [1.807, 2.05) is 32.0 Å². The van der Waals surface area contributed by atoms with Crippen molar-refractivity contribution < 1.29 is 31.1 Å². The van der Waals surface area contributed by atoms with Crippen LogP contribution in [-0.2, 0) is 27.8 Å². The minimum Gasteiger partial charge on any atom is -0.404 e. The molecule has 1 atom stereocenters. The standard InChI is InChI=1S/C26H25F3N2O4S/c1-17-12-18(2)14-19(13-17)15-22-25(32)30(3)21-9-5-4-8-20(21)16-31(22)36(33,34)24-11-7-6-10-23(24)35-26(27,28)29/h4-14,22H,15-16H2,1-3H3. The van der Waals surface area contributed by atoms with Crippen LogP contribution in [0.1, 0.15) is 22.3 Å². The van der Waals surface area contributed by atoms with E-state index in [-0.39, 0.29) is 13.0 Å². The van der Waals surface area contributed by atoms with Crippen LogP contribution in [0.5, 0.6) is 5.75 Å². The lowest BCUT2D eigenvalue weighted by Gasteiger charge is -2.30. The summed E-state index contributed by atoms with van der Waals surface area (Å²) in [5.74, 6) is -1.34. The Labute approximate surface area is 208 Å². The van der Waals surface area contributed by atoms with Gasteiger partial charge in [-0.25, -0.2) is 8.42 Å². The summed E-state index contributed by atoms with van der Waals surface area (Å²) in [6.45, 7) is 3.59. The summed E-state index contributed by atoms with van der Waals surface area (Å²) in [6, 6.07) is 15.9. The number of para-hydroxylation sites is 2. The minimum atomic E-state index is -5.09. The van der Waals surface area contributed by atoms with E-state index in [4.69, 9.17) is 0 Å². The van der Waals surface area contributed by atoms with E-state index in [2.05, 4.69) is 4.74 Å². The van der Waals surface area contributed by atoms with Crippen LogP contribution in [0.4, 0.5) is 18.9 Å². The second-order valence-electron chi connectivity index (χ2n) is 8.79. The van der Waals surface area contributed by atoms with Crippen molar-refractivity contribution in [1.29, 1.82) is 0 Å². The quantitative estimate of drug-likeness (QED) is 0.478. The molecule has 0 saturated heterocycles. The molecule has 0 N–H and O–H groups in total. The highest BCUT2D eigenvalue weighted by molar-refractivity contribution is 7.89. The van der Waals surface area contributed by atoms with Crippen molar-refractivity contribution in [3.05, 3.63) is 89.0 Å². The highest BCUT2D eigenvalue weighted by atomic mass is 32.2. The van der Waals surface area contributed by atoms with E-state index < -0.39 is 39.0 Å². The molecule has 1 aliphatic heterocycles. The molecule has 1 amide bonds. The first-order valence-electron chi connectivity index (χ1n) is 11.2. The van der Waals surface area contributed by atoms with E-state index in [0.717, 1.165) is 33.1 Å². The van der Waals surface area contributed by atoms with Gasteiger partial charge in [-0.1, -0.05) is 59.7 Å². The Morgan fingerprint density at radius 1 is 0.972 bits per heavy atom. The lowest BCUT2D eigenvalue weighted by molar-refractivity contribution is -0.275. The Bertz CT molecular complexity index is 1390. The molecule has 0 aromatic heterocycles. The van der Waals surface area contributed by atoms with Gasteiger partial charge >= 0.3 is 6.36 Å². The smallest absolute Gasteiger partial charge is 0.404 e. The van der Waals surface area contributed by atoms with Gasteiger partial charge in [-0.15, -0.1) is 13.2 Å². The number of nitrogens with zero attached hydrogens (tertiary/aromatic N) is 2. The van der Waals surface area contributed by atoms with Crippen molar-refractivity contribution in [2.75, 3.05) is 11.9 Å². The molecule has 4 rings (SSSR count). The summed E-state index contributed by atoms with van der Waals surface area (Å²) in [7, 11) is -3.05. The number of alkyl halides is 3. The van der Waals surface area contributed by atoms with Gasteiger partial charge in [-0.2, -0.15) is 4.31 Å². The number of amides is 1. The van der Waals surface area contributed by atoms with E-state index in [1.54, 1.807) is 31.3 Å². The number of hydrogen-bond donors (Lipinski definition) is 0. The van der Waals surface area contributed by atoms with E-state index >= 15 is 0 Å². The van der Waals surface area contributed by atoms with Gasteiger partial charge in [0.25, 0.3) is 0 Å². The summed E-state index contributed by atoms with van der Waals surface area (Å²) in [4.78, 5) is 14.4. The van der Waals surface area contributed by atoms with Crippen LogP contribution in [0.25, 0.3) is 0 Å². The summed E-state index contributed by atoms with van der Waals surface area (Å²) >= 11 is 0. The first-order valence-corrected chi connectivity index (χ1v) is 12.6. The summed E-state index contributed by atoms with van der Waals surface area (Å²) < 4.78 is 72.2. The van der Waals surface area contributed by atoms with E-state index in [1.165, 1.54) is 17.0 Å². The van der Waals surface area contributed by atoms with Crippen LogP contribution in [0.3, 0.4) is 0 Å². The van der Waals surface area contributed by atoms with Gasteiger partial charge in [0, 0.05) is 19.3 Å². The average Bonchev–Trinajstić information content (AvgIpc) is 2.88. The van der Waals surface area contributed by atoms with Crippen molar-refractivity contribution in [1.82, 2.24) is 4.31 Å². The molecule has 0 saturated carbocycles. The monoisotopic (exact) mass is 518 g/mol. The molecular weight excluding hydrogens is 493 g/mol. The van der Waals surface area contributed by atoms with Gasteiger partial charge in [0.2, 0.25) is 15.9 Å². The molecular formula is C26H25F3N2O4S. The zero-order chi connectivity index (χ0) is 26.3. The average molecular weight is 519 g/mol. The van der Waals surface area contributed by atoms with Crippen molar-refractivity contribution in [2.45, 2.75) is 44.1 Å². The van der Waals surface area contributed by atoms with Crippen LogP contribution < -0.4 is 9.64 Å². The third kappa shape index (κ3) is 5.24. The van der Waals surface area contributed by atoms with Crippen LogP contribution in [0, 0.1) is 13.8 Å². The first kappa shape index (κ1) is 25.7. The van der Waals surface area contributed by atoms with Gasteiger partial charge in [0.05, 0.1) is 0 Å². The van der Waals surface area contributed by atoms with Crippen molar-refractivity contribution in [3.8, 4) is 5.75 Å². The van der Waals surface area contributed by atoms with Crippen LogP contribution >= 0.6 is 0 Å². The number of carbonyl (C=O) groups is 1. The number of aryl methyl sites for hydroxylation is 2. The number of halogens is 3. The molecule has 0 bridgehead atoms. The number of carbonyl (C=O) groups excluding carboxylic acids is 1. The fourth-order valence-corrected chi connectivity index (χ4v) is 6.24. The highest BCUT2D eigenvalue weighted by Gasteiger charge is 2.43. The maximum absolute atomic E-state index is 14.0. The van der Waals surface area contributed by atoms with Crippen molar-refractivity contribution in [3.63, 3.8) is 0 Å². The third-order valence-electron chi connectivity index (χ3n) is 6.01. The fraction of sp³-hybridized carbons (Fsp3) is 0.269. The molecule has 10 heteroatoms. The number of likely N-dealkylation sites (N-methyl/N-ethyl adjacent to an activating group) is 1. The Hall–Kier alpha value is -3.37. The maximum atomic E-state index is 14.0. The summed E-state index contributed by atoms with van der Waals surface area (Å²) in [6.07, 6.45) is -5.05. The lowest BCUT2D eigenvalue weighted by Crippen LogP contribution is -2.49. The normalized spacial score (nSPS) is 17.0. The second-order valence-corrected chi connectivity index (χ2v) is 10.6. The molecule has 3 aromatic carbocycles. The van der Waals surface area contributed by atoms with E-state index in [0.29, 0.717) is 11.3 Å².